The predicted octanol–water partition coefficient (Wildman–Crippen LogP) is 0.456. The molecule has 0 aromatic rings. The van der Waals surface area contributed by atoms with Gasteiger partial charge in [-0.1, -0.05) is 30.4 Å². The van der Waals surface area contributed by atoms with Crippen LogP contribution in [-0.4, -0.2) is 68.3 Å². The lowest BCUT2D eigenvalue weighted by molar-refractivity contribution is -0.191. The monoisotopic (exact) mass is 420 g/mol. The van der Waals surface area contributed by atoms with Crippen LogP contribution in [0.15, 0.2) is 47.8 Å². The van der Waals surface area contributed by atoms with E-state index >= 15 is 0 Å². The van der Waals surface area contributed by atoms with Crippen LogP contribution >= 0.6 is 0 Å². The Labute approximate surface area is 174 Å². The lowest BCUT2D eigenvalue weighted by Gasteiger charge is -2.45. The van der Waals surface area contributed by atoms with Crippen LogP contribution in [0.2, 0.25) is 0 Å². The van der Waals surface area contributed by atoms with Gasteiger partial charge >= 0.3 is 5.97 Å². The van der Waals surface area contributed by atoms with Gasteiger partial charge in [-0.15, -0.1) is 0 Å². The van der Waals surface area contributed by atoms with Crippen LogP contribution in [0.5, 0.6) is 0 Å². The fraction of sp³-hybridized carbons (Fsp3) is 0.545. The molecule has 8 nitrogen and oxygen atoms in total. The summed E-state index contributed by atoms with van der Waals surface area (Å²) in [6.07, 6.45) is 3.74. The number of aliphatic hydroxyl groups is 4. The average molecular weight is 420 g/mol. The van der Waals surface area contributed by atoms with Gasteiger partial charge in [0.2, 0.25) is 0 Å². The number of allylic oxidation sites excluding steroid dienone is 6. The number of carbonyl (C=O) groups excluding carboxylic acids is 2. The normalized spacial score (nSPS) is 40.2. The van der Waals surface area contributed by atoms with Crippen molar-refractivity contribution in [3.8, 4) is 0 Å². The summed E-state index contributed by atoms with van der Waals surface area (Å²) in [7, 11) is 0. The smallest absolute Gasteiger partial charge is 0.338 e. The van der Waals surface area contributed by atoms with E-state index in [0.29, 0.717) is 0 Å². The van der Waals surface area contributed by atoms with Crippen LogP contribution in [0, 0.1) is 5.92 Å². The summed E-state index contributed by atoms with van der Waals surface area (Å²) in [5.74, 6) is -2.90. The van der Waals surface area contributed by atoms with E-state index < -0.39 is 60.2 Å². The zero-order valence-corrected chi connectivity index (χ0v) is 17.0. The van der Waals surface area contributed by atoms with E-state index in [-0.39, 0.29) is 24.2 Å². The number of esters is 1. The Morgan fingerprint density at radius 3 is 2.43 bits per heavy atom. The molecule has 4 N–H and O–H groups in total. The predicted molar refractivity (Wildman–Crippen MR) is 106 cm³/mol. The third-order valence-corrected chi connectivity index (χ3v) is 5.77. The summed E-state index contributed by atoms with van der Waals surface area (Å²) in [6, 6.07) is 0. The Bertz CT molecular complexity index is 810. The van der Waals surface area contributed by atoms with E-state index in [9.17, 15) is 30.0 Å². The van der Waals surface area contributed by atoms with Crippen molar-refractivity contribution in [3.63, 3.8) is 0 Å². The van der Waals surface area contributed by atoms with E-state index in [2.05, 4.69) is 0 Å². The van der Waals surface area contributed by atoms with Gasteiger partial charge in [-0.05, 0) is 19.9 Å². The molecule has 164 valence electrons. The van der Waals surface area contributed by atoms with Crippen LogP contribution in [-0.2, 0) is 19.1 Å². The Morgan fingerprint density at radius 2 is 1.73 bits per heavy atom. The van der Waals surface area contributed by atoms with Crippen molar-refractivity contribution in [2.75, 3.05) is 0 Å². The third-order valence-electron chi connectivity index (χ3n) is 5.77. The first-order valence-corrected chi connectivity index (χ1v) is 10.1. The molecular weight excluding hydrogens is 392 g/mol. The molecule has 0 bridgehead atoms. The summed E-state index contributed by atoms with van der Waals surface area (Å²) in [4.78, 5) is 25.7. The van der Waals surface area contributed by atoms with Gasteiger partial charge < -0.3 is 29.9 Å². The van der Waals surface area contributed by atoms with E-state index in [1.807, 2.05) is 13.0 Å². The summed E-state index contributed by atoms with van der Waals surface area (Å²) >= 11 is 0. The standard InChI is InChI=1S/C22H28O8/c1-3-4-5-6-7-8-15-18-19-20(30-15)14(24)11-17(26)22(19,28)16(25)10-13(23)9-12(2)29-21(18)27/h3-8,12-14,16,19-20,23-25,28H,9-11H2,1-2H3/b4-3+,6-5-,8-7+/t12-,13+,14+,16+,19-,20-,22-/m0/s1. The molecular formula is C22H28O8. The molecule has 1 saturated heterocycles. The Morgan fingerprint density at radius 1 is 1.03 bits per heavy atom. The first kappa shape index (κ1) is 22.4. The molecule has 1 aliphatic carbocycles. The fourth-order valence-electron chi connectivity index (χ4n) is 4.35. The van der Waals surface area contributed by atoms with Crippen molar-refractivity contribution >= 4 is 11.8 Å². The molecule has 0 spiro atoms. The number of hydrogen-bond acceptors (Lipinski definition) is 8. The zero-order chi connectivity index (χ0) is 22.1. The van der Waals surface area contributed by atoms with Gasteiger partial charge in [-0.25, -0.2) is 4.79 Å². The molecule has 7 atom stereocenters. The van der Waals surface area contributed by atoms with Crippen LogP contribution < -0.4 is 0 Å². The van der Waals surface area contributed by atoms with Gasteiger partial charge in [0.1, 0.15) is 18.0 Å². The molecule has 0 radical (unpaired) electrons. The maximum absolute atomic E-state index is 13.0. The minimum atomic E-state index is -2.39. The van der Waals surface area contributed by atoms with Crippen molar-refractivity contribution in [3.05, 3.63) is 47.8 Å². The minimum absolute atomic E-state index is 0.0369. The van der Waals surface area contributed by atoms with E-state index in [4.69, 9.17) is 9.47 Å². The highest BCUT2D eigenvalue weighted by Gasteiger charge is 2.64. The summed E-state index contributed by atoms with van der Waals surface area (Å²) in [5.41, 5.74) is -2.50. The van der Waals surface area contributed by atoms with Gasteiger partial charge in [0.25, 0.3) is 0 Å². The number of aliphatic hydroxyl groups excluding tert-OH is 3. The van der Waals surface area contributed by atoms with Gasteiger partial charge in [-0.2, -0.15) is 0 Å². The Balaban J connectivity index is 2.11. The lowest BCUT2D eigenvalue weighted by Crippen LogP contribution is -2.65. The topological polar surface area (TPSA) is 134 Å². The molecule has 2 fully saturated rings. The van der Waals surface area contributed by atoms with Crippen molar-refractivity contribution in [2.45, 2.75) is 69.2 Å². The quantitative estimate of drug-likeness (QED) is 0.382. The first-order chi connectivity index (χ1) is 14.2. The second-order valence-electron chi connectivity index (χ2n) is 7.98. The second kappa shape index (κ2) is 8.85. The lowest BCUT2D eigenvalue weighted by atomic mass is 9.65. The van der Waals surface area contributed by atoms with Crippen molar-refractivity contribution in [1.29, 1.82) is 0 Å². The maximum Gasteiger partial charge on any atom is 0.338 e. The molecule has 3 rings (SSSR count). The molecule has 2 aliphatic heterocycles. The number of carbonyl (C=O) groups is 2. The maximum atomic E-state index is 13.0. The summed E-state index contributed by atoms with van der Waals surface area (Å²) in [5, 5.41) is 42.7. The molecule has 0 unspecified atom stereocenters. The number of hydrogen-bond donors (Lipinski definition) is 4. The van der Waals surface area contributed by atoms with E-state index in [0.717, 1.165) is 0 Å². The van der Waals surface area contributed by atoms with Crippen molar-refractivity contribution in [1.82, 2.24) is 0 Å². The molecule has 3 aliphatic rings. The molecule has 8 heteroatoms. The van der Waals surface area contributed by atoms with Gasteiger partial charge in [-0.3, -0.25) is 4.79 Å². The third kappa shape index (κ3) is 4.00. The highest BCUT2D eigenvalue weighted by atomic mass is 16.6. The molecule has 1 saturated carbocycles. The molecule has 2 heterocycles. The highest BCUT2D eigenvalue weighted by Crippen LogP contribution is 2.48. The number of ketones is 1. The SMILES string of the molecule is C/C=C/C=C\C=C\C1=C2C(=O)O[C@@H](C)C[C@@H](O)C[C@@H](O)[C@]3(O)C(=O)C[C@@H](O)[C@H](O1)[C@H]23. The Hall–Kier alpha value is -2.26. The second-order valence-corrected chi connectivity index (χ2v) is 7.98. The molecule has 0 amide bonds. The van der Waals surface area contributed by atoms with Crippen LogP contribution in [0.3, 0.4) is 0 Å². The van der Waals surface area contributed by atoms with Crippen LogP contribution in [0.25, 0.3) is 0 Å². The van der Waals surface area contributed by atoms with Gasteiger partial charge in [0.05, 0.1) is 29.8 Å². The van der Waals surface area contributed by atoms with E-state index in [1.54, 1.807) is 31.2 Å². The van der Waals surface area contributed by atoms with Crippen molar-refractivity contribution < 1.29 is 39.5 Å². The number of cyclic esters (lactones) is 1. The van der Waals surface area contributed by atoms with Crippen LogP contribution in [0.1, 0.15) is 33.1 Å². The van der Waals surface area contributed by atoms with Crippen LogP contribution in [0.4, 0.5) is 0 Å². The summed E-state index contributed by atoms with van der Waals surface area (Å²) in [6.45, 7) is 3.47. The summed E-state index contributed by atoms with van der Waals surface area (Å²) < 4.78 is 11.2. The largest absolute Gasteiger partial charge is 0.486 e. The van der Waals surface area contributed by atoms with Gasteiger partial charge in [0, 0.05) is 19.3 Å². The first-order valence-electron chi connectivity index (χ1n) is 10.1. The molecule has 30 heavy (non-hydrogen) atoms. The number of ether oxygens (including phenoxy) is 2. The van der Waals surface area contributed by atoms with E-state index in [1.165, 1.54) is 6.08 Å². The fourth-order valence-corrected chi connectivity index (χ4v) is 4.35. The minimum Gasteiger partial charge on any atom is -0.486 e. The molecule has 0 aromatic heterocycles. The van der Waals surface area contributed by atoms with Crippen molar-refractivity contribution in [2.24, 2.45) is 5.92 Å². The number of Topliss-reactive ketones (excluding diaryl/α,β-unsaturated/α-hetero) is 1. The zero-order valence-electron chi connectivity index (χ0n) is 17.0. The highest BCUT2D eigenvalue weighted by molar-refractivity contribution is 5.97. The number of rotatable bonds is 3. The molecule has 0 aromatic carbocycles. The van der Waals surface area contributed by atoms with Gasteiger partial charge in [0.15, 0.2) is 11.4 Å². The average Bonchev–Trinajstić information content (AvgIpc) is 3.05. The Kier molecular flexibility index (Phi) is 6.62.